The molecule has 3 aromatic rings. The van der Waals surface area contributed by atoms with Gasteiger partial charge in [-0.25, -0.2) is 4.39 Å². The van der Waals surface area contributed by atoms with Gasteiger partial charge in [0.25, 0.3) is 0 Å². The number of carbonyl (C=O) groups is 1. The van der Waals surface area contributed by atoms with Crippen LogP contribution < -0.4 is 0 Å². The molecule has 0 spiro atoms. The van der Waals surface area contributed by atoms with Crippen LogP contribution in [0.3, 0.4) is 0 Å². The van der Waals surface area contributed by atoms with E-state index in [4.69, 9.17) is 0 Å². The average molecular weight is 253 g/mol. The molecule has 0 atom stereocenters. The molecule has 0 aliphatic rings. The van der Waals surface area contributed by atoms with Gasteiger partial charge in [0.05, 0.1) is 5.69 Å². The first kappa shape index (κ1) is 11.7. The lowest BCUT2D eigenvalue weighted by Crippen LogP contribution is -1.88. The number of H-pyrrole nitrogens is 1. The lowest BCUT2D eigenvalue weighted by atomic mass is 10.0. The van der Waals surface area contributed by atoms with E-state index in [1.165, 1.54) is 6.07 Å². The first-order chi connectivity index (χ1) is 9.20. The van der Waals surface area contributed by atoms with Crippen LogP contribution in [0.4, 0.5) is 4.39 Å². The van der Waals surface area contributed by atoms with Gasteiger partial charge in [0.15, 0.2) is 6.29 Å². The number of aryl methyl sites for hydroxylation is 1. The van der Waals surface area contributed by atoms with Crippen molar-refractivity contribution in [1.82, 2.24) is 4.98 Å². The zero-order chi connectivity index (χ0) is 13.4. The molecule has 94 valence electrons. The van der Waals surface area contributed by atoms with E-state index >= 15 is 0 Å². The highest BCUT2D eigenvalue weighted by atomic mass is 19.1. The van der Waals surface area contributed by atoms with Gasteiger partial charge >= 0.3 is 0 Å². The Morgan fingerprint density at radius 2 is 1.95 bits per heavy atom. The molecule has 0 bridgehead atoms. The van der Waals surface area contributed by atoms with E-state index in [1.54, 1.807) is 19.1 Å². The van der Waals surface area contributed by atoms with Crippen molar-refractivity contribution in [1.29, 1.82) is 0 Å². The molecule has 1 aromatic heterocycles. The molecule has 1 N–H and O–H groups in total. The monoisotopic (exact) mass is 253 g/mol. The van der Waals surface area contributed by atoms with E-state index in [9.17, 15) is 9.18 Å². The summed E-state index contributed by atoms with van der Waals surface area (Å²) in [7, 11) is 0. The summed E-state index contributed by atoms with van der Waals surface area (Å²) in [5.41, 5.74) is 3.63. The van der Waals surface area contributed by atoms with Crippen molar-refractivity contribution in [2.24, 2.45) is 0 Å². The Kier molecular flexibility index (Phi) is 2.67. The van der Waals surface area contributed by atoms with Gasteiger partial charge in [-0.05, 0) is 42.3 Å². The number of fused-ring (bicyclic) bond motifs is 1. The van der Waals surface area contributed by atoms with Gasteiger partial charge in [-0.3, -0.25) is 4.79 Å². The van der Waals surface area contributed by atoms with E-state index in [-0.39, 0.29) is 5.82 Å². The van der Waals surface area contributed by atoms with Crippen molar-refractivity contribution in [3.8, 4) is 11.3 Å². The molecule has 0 amide bonds. The summed E-state index contributed by atoms with van der Waals surface area (Å²) in [5.74, 6) is -0.243. The van der Waals surface area contributed by atoms with Gasteiger partial charge in [-0.15, -0.1) is 0 Å². The van der Waals surface area contributed by atoms with Gasteiger partial charge in [-0.2, -0.15) is 0 Å². The van der Waals surface area contributed by atoms with Crippen molar-refractivity contribution in [2.45, 2.75) is 6.92 Å². The maximum absolute atomic E-state index is 13.3. The minimum absolute atomic E-state index is 0.243. The van der Waals surface area contributed by atoms with E-state index in [2.05, 4.69) is 4.98 Å². The zero-order valence-electron chi connectivity index (χ0n) is 10.4. The smallest absolute Gasteiger partial charge is 0.152 e. The number of rotatable bonds is 2. The molecular formula is C16H12FNO. The molecule has 3 heteroatoms. The van der Waals surface area contributed by atoms with E-state index in [1.807, 2.05) is 24.3 Å². The molecule has 3 rings (SSSR count). The number of benzene rings is 2. The van der Waals surface area contributed by atoms with Crippen LogP contribution in [0, 0.1) is 12.7 Å². The van der Waals surface area contributed by atoms with Crippen LogP contribution in [0.25, 0.3) is 22.2 Å². The molecule has 2 nitrogen and oxygen atoms in total. The van der Waals surface area contributed by atoms with Crippen LogP contribution in [0.15, 0.2) is 42.5 Å². The molecule has 0 saturated heterocycles. The number of aromatic nitrogens is 1. The Morgan fingerprint density at radius 1 is 1.16 bits per heavy atom. The predicted molar refractivity (Wildman–Crippen MR) is 73.8 cm³/mol. The fourth-order valence-electron chi connectivity index (χ4n) is 2.31. The molecule has 19 heavy (non-hydrogen) atoms. The van der Waals surface area contributed by atoms with Crippen molar-refractivity contribution in [3.63, 3.8) is 0 Å². The molecule has 0 radical (unpaired) electrons. The lowest BCUT2D eigenvalue weighted by molar-refractivity contribution is 0.112. The summed E-state index contributed by atoms with van der Waals surface area (Å²) in [6.07, 6.45) is 0.840. The number of hydrogen-bond donors (Lipinski definition) is 1. The van der Waals surface area contributed by atoms with Gasteiger partial charge in [0.1, 0.15) is 5.82 Å². The van der Waals surface area contributed by atoms with Crippen LogP contribution >= 0.6 is 0 Å². The molecule has 0 unspecified atom stereocenters. The number of aromatic amines is 1. The van der Waals surface area contributed by atoms with Crippen LogP contribution in [-0.2, 0) is 0 Å². The highest BCUT2D eigenvalue weighted by Crippen LogP contribution is 2.29. The molecule has 0 aliphatic carbocycles. The average Bonchev–Trinajstić information content (AvgIpc) is 2.80. The van der Waals surface area contributed by atoms with Gasteiger partial charge in [0, 0.05) is 16.5 Å². The second kappa shape index (κ2) is 4.35. The van der Waals surface area contributed by atoms with Gasteiger partial charge in [-0.1, -0.05) is 18.2 Å². The number of aldehydes is 1. The fraction of sp³-hybridized carbons (Fsp3) is 0.0625. The third-order valence-electron chi connectivity index (χ3n) is 3.31. The van der Waals surface area contributed by atoms with Gasteiger partial charge in [0.2, 0.25) is 0 Å². The van der Waals surface area contributed by atoms with Gasteiger partial charge < -0.3 is 4.98 Å². The predicted octanol–water partition coefficient (Wildman–Crippen LogP) is 4.09. The molecule has 0 aliphatic heterocycles. The van der Waals surface area contributed by atoms with Crippen molar-refractivity contribution >= 4 is 17.2 Å². The summed E-state index contributed by atoms with van der Waals surface area (Å²) in [5, 5.41) is 0.884. The fourth-order valence-corrected chi connectivity index (χ4v) is 2.31. The first-order valence-electron chi connectivity index (χ1n) is 6.03. The Labute approximate surface area is 109 Å². The lowest BCUT2D eigenvalue weighted by Gasteiger charge is -2.02. The van der Waals surface area contributed by atoms with Crippen molar-refractivity contribution in [2.75, 3.05) is 0 Å². The largest absolute Gasteiger partial charge is 0.354 e. The number of para-hydroxylation sites is 1. The van der Waals surface area contributed by atoms with Crippen molar-refractivity contribution in [3.05, 3.63) is 59.4 Å². The summed E-state index contributed by atoms with van der Waals surface area (Å²) in [6, 6.07) is 12.5. The maximum Gasteiger partial charge on any atom is 0.152 e. The number of nitrogens with one attached hydrogen (secondary N) is 1. The number of carbonyl (C=O) groups excluding carboxylic acids is 1. The Bertz CT molecular complexity index is 774. The highest BCUT2D eigenvalue weighted by molar-refractivity contribution is 6.04. The molecular weight excluding hydrogens is 241 g/mol. The molecule has 0 fully saturated rings. The number of halogens is 1. The third kappa shape index (κ3) is 1.83. The minimum Gasteiger partial charge on any atom is -0.354 e. The summed E-state index contributed by atoms with van der Waals surface area (Å²) < 4.78 is 13.3. The normalized spacial score (nSPS) is 10.8. The summed E-state index contributed by atoms with van der Waals surface area (Å²) in [6.45, 7) is 1.71. The van der Waals surface area contributed by atoms with Crippen molar-refractivity contribution < 1.29 is 9.18 Å². The quantitative estimate of drug-likeness (QED) is 0.685. The highest BCUT2D eigenvalue weighted by Gasteiger charge is 2.12. The second-order valence-corrected chi connectivity index (χ2v) is 4.54. The van der Waals surface area contributed by atoms with Crippen LogP contribution in [-0.4, -0.2) is 11.3 Å². The maximum atomic E-state index is 13.3. The second-order valence-electron chi connectivity index (χ2n) is 4.54. The summed E-state index contributed by atoms with van der Waals surface area (Å²) >= 11 is 0. The van der Waals surface area contributed by atoms with E-state index in [0.717, 1.165) is 28.4 Å². The molecule has 1 heterocycles. The molecule has 0 saturated carbocycles. The molecule has 2 aromatic carbocycles. The van der Waals surface area contributed by atoms with E-state index in [0.29, 0.717) is 11.1 Å². The van der Waals surface area contributed by atoms with Crippen LogP contribution in [0.2, 0.25) is 0 Å². The topological polar surface area (TPSA) is 32.9 Å². The third-order valence-corrected chi connectivity index (χ3v) is 3.31. The first-order valence-corrected chi connectivity index (χ1v) is 6.03. The standard InChI is InChI=1S/C16H12FNO/c1-10-8-11(6-7-14(10)17)16-13(9-19)12-4-2-3-5-15(12)18-16/h2-9,18H,1H3. The number of hydrogen-bond acceptors (Lipinski definition) is 1. The minimum atomic E-state index is -0.243. The Morgan fingerprint density at radius 3 is 2.68 bits per heavy atom. The summed E-state index contributed by atoms with van der Waals surface area (Å²) in [4.78, 5) is 14.6. The zero-order valence-corrected chi connectivity index (χ0v) is 10.4. The SMILES string of the molecule is Cc1cc(-c2[nH]c3ccccc3c2C=O)ccc1F. The van der Waals surface area contributed by atoms with Crippen LogP contribution in [0.1, 0.15) is 15.9 Å². The van der Waals surface area contributed by atoms with Crippen LogP contribution in [0.5, 0.6) is 0 Å². The van der Waals surface area contributed by atoms with E-state index < -0.39 is 0 Å². The Balaban J connectivity index is 2.29. The Hall–Kier alpha value is -2.42.